The van der Waals surface area contributed by atoms with Crippen molar-refractivity contribution in [2.24, 2.45) is 0 Å². The number of amides is 2. The van der Waals surface area contributed by atoms with E-state index in [9.17, 15) is 18.0 Å². The summed E-state index contributed by atoms with van der Waals surface area (Å²) in [4.78, 5) is 28.9. The maximum Gasteiger partial charge on any atom is 0.264 e. The molecule has 0 aliphatic rings. The topological polar surface area (TPSA) is 96.0 Å². The highest BCUT2D eigenvalue weighted by Crippen LogP contribution is 2.31. The summed E-state index contributed by atoms with van der Waals surface area (Å²) < 4.78 is 34.9. The van der Waals surface area contributed by atoms with Crippen LogP contribution in [0.25, 0.3) is 0 Å². The molecular weight excluding hydrogens is 606 g/mol. The largest absolute Gasteiger partial charge is 0.496 e. The van der Waals surface area contributed by atoms with E-state index in [2.05, 4.69) is 21.2 Å². The van der Waals surface area contributed by atoms with Crippen LogP contribution in [0.15, 0.2) is 82.2 Å². The Hall–Kier alpha value is -3.37. The Labute approximate surface area is 251 Å². The lowest BCUT2D eigenvalue weighted by atomic mass is 10.1. The number of rotatable bonds is 13. The van der Waals surface area contributed by atoms with Gasteiger partial charge in [-0.25, -0.2) is 8.42 Å². The first-order valence-electron chi connectivity index (χ1n) is 13.6. The number of sulfonamides is 1. The van der Waals surface area contributed by atoms with Gasteiger partial charge in [0.15, 0.2) is 0 Å². The molecule has 0 saturated carbocycles. The van der Waals surface area contributed by atoms with Crippen molar-refractivity contribution in [3.8, 4) is 5.75 Å². The van der Waals surface area contributed by atoms with Gasteiger partial charge in [-0.2, -0.15) is 0 Å². The summed E-state index contributed by atoms with van der Waals surface area (Å²) in [5.74, 6) is -0.277. The van der Waals surface area contributed by atoms with Crippen molar-refractivity contribution < 1.29 is 22.7 Å². The van der Waals surface area contributed by atoms with Crippen LogP contribution >= 0.6 is 15.9 Å². The first-order valence-corrected chi connectivity index (χ1v) is 15.8. The lowest BCUT2D eigenvalue weighted by molar-refractivity contribution is -0.140. The number of carbonyl (C=O) groups is 2. The van der Waals surface area contributed by atoms with Gasteiger partial charge in [0.25, 0.3) is 10.0 Å². The summed E-state index contributed by atoms with van der Waals surface area (Å²) >= 11 is 3.37. The molecule has 0 aliphatic carbocycles. The predicted octanol–water partition coefficient (Wildman–Crippen LogP) is 5.68. The second-order valence-electron chi connectivity index (χ2n) is 9.89. The molecule has 0 bridgehead atoms. The van der Waals surface area contributed by atoms with Crippen molar-refractivity contribution in [3.63, 3.8) is 0 Å². The molecule has 3 rings (SSSR count). The summed E-state index contributed by atoms with van der Waals surface area (Å²) in [7, 11) is -2.70. The molecule has 3 aromatic rings. The van der Waals surface area contributed by atoms with Crippen LogP contribution < -0.4 is 14.4 Å². The molecule has 0 unspecified atom stereocenters. The maximum absolute atomic E-state index is 14.1. The summed E-state index contributed by atoms with van der Waals surface area (Å²) in [6.07, 6.45) is 1.11. The number of halogens is 1. The third kappa shape index (κ3) is 8.10. The summed E-state index contributed by atoms with van der Waals surface area (Å²) in [6.45, 7) is 7.29. The molecule has 10 heteroatoms. The summed E-state index contributed by atoms with van der Waals surface area (Å²) in [5.41, 5.74) is 2.12. The van der Waals surface area contributed by atoms with Crippen molar-refractivity contribution >= 4 is 43.5 Å². The molecule has 3 aromatic carbocycles. The van der Waals surface area contributed by atoms with Gasteiger partial charge in [0.05, 0.1) is 22.2 Å². The van der Waals surface area contributed by atoms with E-state index in [-0.39, 0.29) is 23.4 Å². The van der Waals surface area contributed by atoms with Gasteiger partial charge in [-0.05, 0) is 78.5 Å². The lowest BCUT2D eigenvalue weighted by Gasteiger charge is -2.33. The number of anilines is 1. The van der Waals surface area contributed by atoms with E-state index in [1.807, 2.05) is 58.0 Å². The minimum absolute atomic E-state index is 0.00489. The highest BCUT2D eigenvalue weighted by molar-refractivity contribution is 9.10. The van der Waals surface area contributed by atoms with E-state index in [4.69, 9.17) is 4.74 Å². The average molecular weight is 645 g/mol. The first kappa shape index (κ1) is 32.1. The monoisotopic (exact) mass is 643 g/mol. The van der Waals surface area contributed by atoms with E-state index in [0.29, 0.717) is 22.3 Å². The van der Waals surface area contributed by atoms with Crippen LogP contribution in [0.3, 0.4) is 0 Å². The molecule has 41 heavy (non-hydrogen) atoms. The lowest BCUT2D eigenvalue weighted by Crippen LogP contribution is -2.53. The van der Waals surface area contributed by atoms with Gasteiger partial charge in [-0.3, -0.25) is 13.9 Å². The van der Waals surface area contributed by atoms with Crippen LogP contribution in [0.5, 0.6) is 5.75 Å². The SMILES string of the molecule is CC[C@@H](C)NC(=O)[C@@H](CC)N(Cc1ccccc1)C(=O)CN(c1ccc(C)cc1)S(=O)(=O)c1ccc(OC)c(Br)c1. The molecule has 0 aromatic heterocycles. The number of benzene rings is 3. The van der Waals surface area contributed by atoms with Crippen LogP contribution in [-0.4, -0.2) is 50.9 Å². The molecule has 220 valence electrons. The molecule has 1 N–H and O–H groups in total. The fraction of sp³-hybridized carbons (Fsp3) is 0.355. The second-order valence-corrected chi connectivity index (χ2v) is 12.6. The van der Waals surface area contributed by atoms with Crippen molar-refractivity contribution in [1.29, 1.82) is 0 Å². The van der Waals surface area contributed by atoms with Crippen LogP contribution in [0.2, 0.25) is 0 Å². The second kappa shape index (κ2) is 14.5. The number of carbonyl (C=O) groups excluding carboxylic acids is 2. The smallest absolute Gasteiger partial charge is 0.264 e. The normalized spacial score (nSPS) is 12.7. The zero-order chi connectivity index (χ0) is 30.2. The van der Waals surface area contributed by atoms with Gasteiger partial charge in [0.2, 0.25) is 11.8 Å². The van der Waals surface area contributed by atoms with Crippen LogP contribution in [0, 0.1) is 6.92 Å². The van der Waals surface area contributed by atoms with Crippen molar-refractivity contribution in [2.75, 3.05) is 18.0 Å². The highest BCUT2D eigenvalue weighted by atomic mass is 79.9. The summed E-state index contributed by atoms with van der Waals surface area (Å²) in [6, 6.07) is 19.9. The van der Waals surface area contributed by atoms with Gasteiger partial charge < -0.3 is 15.0 Å². The van der Waals surface area contributed by atoms with E-state index < -0.39 is 28.5 Å². The Bertz CT molecular complexity index is 1430. The summed E-state index contributed by atoms with van der Waals surface area (Å²) in [5, 5.41) is 2.98. The number of aryl methyl sites for hydroxylation is 1. The predicted molar refractivity (Wildman–Crippen MR) is 165 cm³/mol. The number of hydrogen-bond donors (Lipinski definition) is 1. The van der Waals surface area contributed by atoms with Gasteiger partial charge in [0, 0.05) is 12.6 Å². The fourth-order valence-corrected chi connectivity index (χ4v) is 6.45. The molecule has 2 atom stereocenters. The Morgan fingerprint density at radius 1 is 0.976 bits per heavy atom. The van der Waals surface area contributed by atoms with Gasteiger partial charge in [-0.1, -0.05) is 61.9 Å². The number of nitrogens with zero attached hydrogens (tertiary/aromatic N) is 2. The van der Waals surface area contributed by atoms with Gasteiger partial charge >= 0.3 is 0 Å². The van der Waals surface area contributed by atoms with E-state index in [1.54, 1.807) is 30.3 Å². The molecule has 0 fully saturated rings. The Morgan fingerprint density at radius 3 is 2.20 bits per heavy atom. The molecule has 0 heterocycles. The third-order valence-electron chi connectivity index (χ3n) is 6.89. The van der Waals surface area contributed by atoms with Gasteiger partial charge in [-0.15, -0.1) is 0 Å². The highest BCUT2D eigenvalue weighted by Gasteiger charge is 2.34. The Morgan fingerprint density at radius 2 is 1.63 bits per heavy atom. The van der Waals surface area contributed by atoms with Gasteiger partial charge in [0.1, 0.15) is 18.3 Å². The molecule has 8 nitrogen and oxygen atoms in total. The fourth-order valence-electron chi connectivity index (χ4n) is 4.32. The molecular formula is C31H38BrN3O5S. The average Bonchev–Trinajstić information content (AvgIpc) is 2.96. The third-order valence-corrected chi connectivity index (χ3v) is 9.28. The molecule has 0 saturated heterocycles. The van der Waals surface area contributed by atoms with Crippen molar-refractivity contribution in [1.82, 2.24) is 10.2 Å². The molecule has 0 spiro atoms. The number of hydrogen-bond acceptors (Lipinski definition) is 5. The van der Waals surface area contributed by atoms with Crippen molar-refractivity contribution in [2.45, 2.75) is 64.1 Å². The van der Waals surface area contributed by atoms with E-state index in [0.717, 1.165) is 21.9 Å². The Balaban J connectivity index is 2.06. The number of ether oxygens (including phenoxy) is 1. The quantitative estimate of drug-likeness (QED) is 0.258. The molecule has 0 radical (unpaired) electrons. The van der Waals surface area contributed by atoms with Crippen LogP contribution in [0.1, 0.15) is 44.7 Å². The van der Waals surface area contributed by atoms with Crippen LogP contribution in [-0.2, 0) is 26.2 Å². The Kier molecular flexibility index (Phi) is 11.4. The minimum Gasteiger partial charge on any atom is -0.496 e. The molecule has 2 amide bonds. The molecule has 0 aliphatic heterocycles. The first-order chi connectivity index (χ1) is 19.5. The zero-order valence-corrected chi connectivity index (χ0v) is 26.5. The number of methoxy groups -OCH3 is 1. The van der Waals surface area contributed by atoms with Crippen molar-refractivity contribution in [3.05, 3.63) is 88.4 Å². The number of nitrogens with one attached hydrogen (secondary N) is 1. The van der Waals surface area contributed by atoms with E-state index >= 15 is 0 Å². The van der Waals surface area contributed by atoms with E-state index in [1.165, 1.54) is 24.1 Å². The zero-order valence-electron chi connectivity index (χ0n) is 24.1. The van der Waals surface area contributed by atoms with Crippen LogP contribution in [0.4, 0.5) is 5.69 Å². The standard InChI is InChI=1S/C31H38BrN3O5S/c1-6-23(4)33-31(37)28(7-2)34(20-24-11-9-8-10-12-24)30(36)21-35(25-15-13-22(3)14-16-25)41(38,39)26-17-18-29(40-5)27(32)19-26/h8-19,23,28H,6-7,20-21H2,1-5H3,(H,33,37)/t23-,28-/m1/s1. The minimum atomic E-state index is -4.19. The maximum atomic E-state index is 14.1.